The molecule has 4 atom stereocenters. The van der Waals surface area contributed by atoms with E-state index >= 15 is 0 Å². The average Bonchev–Trinajstić information content (AvgIpc) is 3.40. The molecule has 1 aromatic heterocycles. The first-order valence-corrected chi connectivity index (χ1v) is 8.78. The van der Waals surface area contributed by atoms with Gasteiger partial charge in [-0.15, -0.1) is 11.7 Å². The highest BCUT2D eigenvalue weighted by Crippen LogP contribution is 2.35. The fraction of sp³-hybridized carbons (Fsp3) is 0.389. The summed E-state index contributed by atoms with van der Waals surface area (Å²) in [6.45, 7) is 4.28. The van der Waals surface area contributed by atoms with Gasteiger partial charge in [-0.25, -0.2) is 9.48 Å². The van der Waals surface area contributed by atoms with Crippen molar-refractivity contribution in [2.75, 3.05) is 18.5 Å². The van der Waals surface area contributed by atoms with Crippen LogP contribution in [0.5, 0.6) is 0 Å². The molecule has 0 aliphatic carbocycles. The Morgan fingerprint density at radius 3 is 3.11 bits per heavy atom. The van der Waals surface area contributed by atoms with Gasteiger partial charge in [-0.2, -0.15) is 5.26 Å². The number of carbonyl (C=O) groups is 1. The average molecular weight is 382 g/mol. The maximum atomic E-state index is 12.2. The molecule has 28 heavy (non-hydrogen) atoms. The van der Waals surface area contributed by atoms with Crippen molar-refractivity contribution in [2.24, 2.45) is 0 Å². The molecule has 1 N–H and O–H groups in total. The molecule has 1 amide bonds. The van der Waals surface area contributed by atoms with E-state index in [-0.39, 0.29) is 18.8 Å². The van der Waals surface area contributed by atoms with Crippen molar-refractivity contribution >= 4 is 11.8 Å². The Hall–Kier alpha value is -3.29. The zero-order valence-electron chi connectivity index (χ0n) is 14.9. The van der Waals surface area contributed by atoms with Crippen LogP contribution in [0.4, 0.5) is 10.5 Å². The molecular weight excluding hydrogens is 364 g/mol. The van der Waals surface area contributed by atoms with Gasteiger partial charge in [-0.1, -0.05) is 12.1 Å². The zero-order chi connectivity index (χ0) is 19.5. The number of anilines is 1. The lowest BCUT2D eigenvalue weighted by Gasteiger charge is -2.17. The Balaban J connectivity index is 1.39. The van der Waals surface area contributed by atoms with Gasteiger partial charge in [0.15, 0.2) is 11.9 Å². The summed E-state index contributed by atoms with van der Waals surface area (Å²) in [6.07, 6.45) is 0.362. The summed E-state index contributed by atoms with van der Waals surface area (Å²) in [6, 6.07) is 8.40. The standard InChI is InChI=1S/C18H18N6O4/c1-2-4-15-21-22-23-24(15)13-9-26-17-14(10-27-16(13)17)28-18(25)20-12-6-3-5-11(7-12)8-19/h2-3,5-7,13-14,16-17H,1,4,9-10H2,(H,20,25). The number of tetrazole rings is 1. The van der Waals surface area contributed by atoms with Gasteiger partial charge >= 0.3 is 6.09 Å². The number of amides is 1. The largest absolute Gasteiger partial charge is 0.441 e. The molecule has 2 aliphatic rings. The van der Waals surface area contributed by atoms with Crippen LogP contribution in [-0.2, 0) is 20.6 Å². The Bertz CT molecular complexity index is 923. The number of benzene rings is 1. The second kappa shape index (κ2) is 7.75. The van der Waals surface area contributed by atoms with Gasteiger partial charge in [-0.05, 0) is 28.6 Å². The molecule has 0 spiro atoms. The van der Waals surface area contributed by atoms with Crippen LogP contribution in [0.1, 0.15) is 17.4 Å². The third kappa shape index (κ3) is 3.45. The summed E-state index contributed by atoms with van der Waals surface area (Å²) in [5, 5.41) is 23.3. The number of nitrogens with zero attached hydrogens (tertiary/aromatic N) is 5. The molecule has 10 nitrogen and oxygen atoms in total. The first-order chi connectivity index (χ1) is 13.7. The van der Waals surface area contributed by atoms with Crippen molar-refractivity contribution in [1.29, 1.82) is 5.26 Å². The highest BCUT2D eigenvalue weighted by Gasteiger charge is 2.51. The van der Waals surface area contributed by atoms with E-state index in [2.05, 4.69) is 27.4 Å². The first kappa shape index (κ1) is 18.1. The van der Waals surface area contributed by atoms with Crippen molar-refractivity contribution in [2.45, 2.75) is 30.8 Å². The number of hydrogen-bond acceptors (Lipinski definition) is 8. The topological polar surface area (TPSA) is 124 Å². The van der Waals surface area contributed by atoms with E-state index in [1.54, 1.807) is 35.0 Å². The van der Waals surface area contributed by atoms with Crippen LogP contribution in [0.2, 0.25) is 0 Å². The van der Waals surface area contributed by atoms with E-state index in [0.717, 1.165) is 0 Å². The Labute approximate surface area is 160 Å². The number of rotatable bonds is 5. The lowest BCUT2D eigenvalue weighted by atomic mass is 10.1. The highest BCUT2D eigenvalue weighted by molar-refractivity contribution is 5.85. The van der Waals surface area contributed by atoms with Crippen LogP contribution >= 0.6 is 0 Å². The van der Waals surface area contributed by atoms with Gasteiger partial charge < -0.3 is 14.2 Å². The Kier molecular flexibility index (Phi) is 5.01. The second-order valence-corrected chi connectivity index (χ2v) is 6.46. The summed E-state index contributed by atoms with van der Waals surface area (Å²) in [5.74, 6) is 0.673. The van der Waals surface area contributed by atoms with Crippen LogP contribution in [0, 0.1) is 11.3 Å². The third-order valence-electron chi connectivity index (χ3n) is 4.68. The molecule has 0 radical (unpaired) electrons. The molecule has 2 saturated heterocycles. The van der Waals surface area contributed by atoms with Crippen LogP contribution in [0.15, 0.2) is 36.9 Å². The van der Waals surface area contributed by atoms with E-state index < -0.39 is 18.3 Å². The molecule has 1 aromatic carbocycles. The molecule has 4 unspecified atom stereocenters. The van der Waals surface area contributed by atoms with Crippen molar-refractivity contribution < 1.29 is 19.0 Å². The van der Waals surface area contributed by atoms with E-state index in [4.69, 9.17) is 19.5 Å². The third-order valence-corrected chi connectivity index (χ3v) is 4.68. The van der Waals surface area contributed by atoms with E-state index in [0.29, 0.717) is 30.1 Å². The van der Waals surface area contributed by atoms with Gasteiger partial charge in [0.05, 0.1) is 24.8 Å². The number of carbonyl (C=O) groups excluding carboxylic acids is 1. The van der Waals surface area contributed by atoms with Crippen molar-refractivity contribution in [3.63, 3.8) is 0 Å². The van der Waals surface area contributed by atoms with Crippen LogP contribution in [0.3, 0.4) is 0 Å². The molecule has 0 saturated carbocycles. The predicted octanol–water partition coefficient (Wildman–Crippen LogP) is 1.23. The normalized spacial score (nSPS) is 25.7. The number of fused-ring (bicyclic) bond motifs is 1. The molecule has 2 aliphatic heterocycles. The van der Waals surface area contributed by atoms with Crippen LogP contribution in [-0.4, -0.2) is 57.8 Å². The Morgan fingerprint density at radius 2 is 2.29 bits per heavy atom. The Morgan fingerprint density at radius 1 is 1.43 bits per heavy atom. The number of nitriles is 1. The summed E-state index contributed by atoms with van der Waals surface area (Å²) in [7, 11) is 0. The van der Waals surface area contributed by atoms with Gasteiger partial charge in [0.25, 0.3) is 0 Å². The lowest BCUT2D eigenvalue weighted by Crippen LogP contribution is -2.35. The fourth-order valence-corrected chi connectivity index (χ4v) is 3.44. The van der Waals surface area contributed by atoms with Gasteiger partial charge in [0.1, 0.15) is 18.2 Å². The summed E-state index contributed by atoms with van der Waals surface area (Å²) >= 11 is 0. The van der Waals surface area contributed by atoms with Crippen LogP contribution in [0.25, 0.3) is 0 Å². The van der Waals surface area contributed by atoms with Gasteiger partial charge in [0, 0.05) is 12.1 Å². The minimum Gasteiger partial charge on any atom is -0.441 e. The maximum Gasteiger partial charge on any atom is 0.412 e. The lowest BCUT2D eigenvalue weighted by molar-refractivity contribution is 0.00765. The van der Waals surface area contributed by atoms with Gasteiger partial charge in [0.2, 0.25) is 0 Å². The predicted molar refractivity (Wildman–Crippen MR) is 95.3 cm³/mol. The molecule has 0 bridgehead atoms. The fourth-order valence-electron chi connectivity index (χ4n) is 3.44. The number of aromatic nitrogens is 4. The minimum atomic E-state index is -0.633. The zero-order valence-corrected chi connectivity index (χ0v) is 14.9. The molecule has 10 heteroatoms. The van der Waals surface area contributed by atoms with Crippen molar-refractivity contribution in [3.05, 3.63) is 48.3 Å². The number of hydrogen-bond donors (Lipinski definition) is 1. The smallest absolute Gasteiger partial charge is 0.412 e. The first-order valence-electron chi connectivity index (χ1n) is 8.78. The molecular formula is C18H18N6O4. The quantitative estimate of drug-likeness (QED) is 0.766. The van der Waals surface area contributed by atoms with Crippen molar-refractivity contribution in [1.82, 2.24) is 20.2 Å². The minimum absolute atomic E-state index is 0.195. The summed E-state index contributed by atoms with van der Waals surface area (Å²) in [5.41, 5.74) is 0.924. The van der Waals surface area contributed by atoms with E-state index in [1.807, 2.05) is 6.07 Å². The molecule has 3 heterocycles. The van der Waals surface area contributed by atoms with Gasteiger partial charge in [-0.3, -0.25) is 5.32 Å². The molecule has 4 rings (SSSR count). The summed E-state index contributed by atoms with van der Waals surface area (Å²) in [4.78, 5) is 12.2. The number of ether oxygens (including phenoxy) is 3. The monoisotopic (exact) mass is 382 g/mol. The number of nitrogens with one attached hydrogen (secondary N) is 1. The van der Waals surface area contributed by atoms with Crippen LogP contribution < -0.4 is 5.32 Å². The van der Waals surface area contributed by atoms with E-state index in [1.165, 1.54) is 0 Å². The maximum absolute atomic E-state index is 12.2. The molecule has 2 fully saturated rings. The second-order valence-electron chi connectivity index (χ2n) is 6.46. The van der Waals surface area contributed by atoms with E-state index in [9.17, 15) is 4.79 Å². The highest BCUT2D eigenvalue weighted by atomic mass is 16.6. The molecule has 144 valence electrons. The van der Waals surface area contributed by atoms with Crippen molar-refractivity contribution in [3.8, 4) is 6.07 Å². The SMILES string of the molecule is C=CCc1nnnn1C1COC2C(OC(=O)Nc3cccc(C#N)c3)COC21. The molecule has 2 aromatic rings. The number of allylic oxidation sites excluding steroid dienone is 1. The summed E-state index contributed by atoms with van der Waals surface area (Å²) < 4.78 is 18.8.